The molecular weight excluding hydrogens is 288 g/mol. The van der Waals surface area contributed by atoms with E-state index in [4.69, 9.17) is 15.5 Å². The van der Waals surface area contributed by atoms with E-state index in [9.17, 15) is 0 Å². The maximum absolute atomic E-state index is 6.08. The molecule has 0 fully saturated rings. The molecule has 2 heterocycles. The lowest BCUT2D eigenvalue weighted by Crippen LogP contribution is -2.02. The van der Waals surface area contributed by atoms with Crippen molar-refractivity contribution in [2.45, 2.75) is 32.7 Å². The number of nitrogens with two attached hydrogens (primary N) is 1. The van der Waals surface area contributed by atoms with Gasteiger partial charge in [-0.05, 0) is 36.8 Å². The van der Waals surface area contributed by atoms with E-state index >= 15 is 0 Å². The van der Waals surface area contributed by atoms with Gasteiger partial charge in [0.1, 0.15) is 17.1 Å². The molecule has 5 nitrogen and oxygen atoms in total. The fraction of sp³-hybridized carbons (Fsp3) is 0.333. The van der Waals surface area contributed by atoms with Gasteiger partial charge in [0.15, 0.2) is 5.65 Å². The Labute approximate surface area is 136 Å². The first kappa shape index (κ1) is 15.3. The van der Waals surface area contributed by atoms with Crippen LogP contribution in [-0.4, -0.2) is 21.6 Å². The second-order valence-corrected chi connectivity index (χ2v) is 5.60. The third kappa shape index (κ3) is 2.99. The number of hydrogen-bond donors (Lipinski definition) is 1. The third-order valence-electron chi connectivity index (χ3n) is 4.00. The number of imidazole rings is 1. The summed E-state index contributed by atoms with van der Waals surface area (Å²) < 4.78 is 7.40. The van der Waals surface area contributed by atoms with Crippen molar-refractivity contribution in [1.29, 1.82) is 0 Å². The monoisotopic (exact) mass is 310 g/mol. The number of aromatic nitrogens is 3. The fourth-order valence-corrected chi connectivity index (χ4v) is 2.73. The summed E-state index contributed by atoms with van der Waals surface area (Å²) in [6.07, 6.45) is 5.21. The highest BCUT2D eigenvalue weighted by atomic mass is 16.5. The molecule has 3 rings (SSSR count). The summed E-state index contributed by atoms with van der Waals surface area (Å²) in [5.41, 5.74) is 9.41. The number of benzene rings is 1. The van der Waals surface area contributed by atoms with Crippen LogP contribution >= 0.6 is 0 Å². The molecule has 3 aromatic rings. The van der Waals surface area contributed by atoms with Crippen LogP contribution in [0, 0.1) is 0 Å². The van der Waals surface area contributed by atoms with Crippen LogP contribution < -0.4 is 10.5 Å². The molecule has 0 spiro atoms. The van der Waals surface area contributed by atoms with Gasteiger partial charge in [0, 0.05) is 18.3 Å². The Morgan fingerprint density at radius 2 is 1.91 bits per heavy atom. The third-order valence-corrected chi connectivity index (χ3v) is 4.00. The van der Waals surface area contributed by atoms with E-state index in [1.807, 2.05) is 24.3 Å². The molecule has 0 aliphatic rings. The second kappa shape index (κ2) is 6.69. The van der Waals surface area contributed by atoms with Crippen molar-refractivity contribution in [2.24, 2.45) is 0 Å². The highest BCUT2D eigenvalue weighted by Crippen LogP contribution is 2.28. The summed E-state index contributed by atoms with van der Waals surface area (Å²) in [4.78, 5) is 9.25. The average molecular weight is 310 g/mol. The molecule has 2 aromatic heterocycles. The molecule has 0 saturated carbocycles. The largest absolute Gasteiger partial charge is 0.497 e. The van der Waals surface area contributed by atoms with Gasteiger partial charge in [-0.2, -0.15) is 0 Å². The quantitative estimate of drug-likeness (QED) is 0.702. The molecule has 0 saturated heterocycles. The summed E-state index contributed by atoms with van der Waals surface area (Å²) >= 11 is 0. The standard InChI is InChI=1S/C18H22N4O/c1-3-4-5-12-22-17(13-6-8-14(23-2)9-7-13)21-16-15(19)10-11-20-18(16)22/h6-11H,3-5,12H2,1-2H3,(H2,19,20). The lowest BCUT2D eigenvalue weighted by Gasteiger charge is -2.09. The zero-order valence-electron chi connectivity index (χ0n) is 13.6. The molecule has 1 aromatic carbocycles. The van der Waals surface area contributed by atoms with E-state index in [2.05, 4.69) is 16.5 Å². The normalized spacial score (nSPS) is 11.0. The first-order chi connectivity index (χ1) is 11.2. The highest BCUT2D eigenvalue weighted by Gasteiger charge is 2.15. The molecular formula is C18H22N4O. The lowest BCUT2D eigenvalue weighted by atomic mass is 10.2. The minimum absolute atomic E-state index is 0.666. The molecule has 0 amide bonds. The summed E-state index contributed by atoms with van der Waals surface area (Å²) in [6.45, 7) is 3.09. The van der Waals surface area contributed by atoms with E-state index in [0.29, 0.717) is 5.69 Å². The maximum Gasteiger partial charge on any atom is 0.162 e. The summed E-state index contributed by atoms with van der Waals surface area (Å²) in [6, 6.07) is 9.73. The number of ether oxygens (including phenoxy) is 1. The Kier molecular flexibility index (Phi) is 4.46. The van der Waals surface area contributed by atoms with Crippen LogP contribution in [0.25, 0.3) is 22.6 Å². The van der Waals surface area contributed by atoms with Gasteiger partial charge >= 0.3 is 0 Å². The van der Waals surface area contributed by atoms with Gasteiger partial charge in [0.25, 0.3) is 0 Å². The number of methoxy groups -OCH3 is 1. The number of rotatable bonds is 6. The predicted octanol–water partition coefficient (Wildman–Crippen LogP) is 3.88. The van der Waals surface area contributed by atoms with Crippen molar-refractivity contribution in [1.82, 2.24) is 14.5 Å². The molecule has 0 atom stereocenters. The smallest absolute Gasteiger partial charge is 0.162 e. The fourth-order valence-electron chi connectivity index (χ4n) is 2.73. The van der Waals surface area contributed by atoms with Crippen LogP contribution in [-0.2, 0) is 6.54 Å². The summed E-state index contributed by atoms with van der Waals surface area (Å²) in [7, 11) is 1.67. The Morgan fingerprint density at radius 1 is 1.13 bits per heavy atom. The SMILES string of the molecule is CCCCCn1c(-c2ccc(OC)cc2)nc2c(N)ccnc21. The van der Waals surface area contributed by atoms with Crippen molar-refractivity contribution in [3.05, 3.63) is 36.5 Å². The number of anilines is 1. The summed E-state index contributed by atoms with van der Waals surface area (Å²) in [5.74, 6) is 1.74. The van der Waals surface area contributed by atoms with Crippen LogP contribution in [0.15, 0.2) is 36.5 Å². The number of aryl methyl sites for hydroxylation is 1. The van der Waals surface area contributed by atoms with Crippen molar-refractivity contribution >= 4 is 16.9 Å². The molecule has 2 N–H and O–H groups in total. The number of fused-ring (bicyclic) bond motifs is 1. The minimum atomic E-state index is 0.666. The van der Waals surface area contributed by atoms with Crippen LogP contribution in [0.1, 0.15) is 26.2 Å². The second-order valence-electron chi connectivity index (χ2n) is 5.60. The number of nitrogens with zero attached hydrogens (tertiary/aromatic N) is 3. The number of hydrogen-bond acceptors (Lipinski definition) is 4. The summed E-state index contributed by atoms with van der Waals surface area (Å²) in [5, 5.41) is 0. The van der Waals surface area contributed by atoms with Crippen molar-refractivity contribution < 1.29 is 4.74 Å². The molecule has 0 unspecified atom stereocenters. The van der Waals surface area contributed by atoms with Crippen LogP contribution in [0.4, 0.5) is 5.69 Å². The van der Waals surface area contributed by atoms with Gasteiger partial charge in [-0.15, -0.1) is 0 Å². The van der Waals surface area contributed by atoms with E-state index in [1.165, 1.54) is 12.8 Å². The zero-order chi connectivity index (χ0) is 16.2. The van der Waals surface area contributed by atoms with Crippen LogP contribution in [0.3, 0.4) is 0 Å². The number of nitrogen functional groups attached to an aromatic ring is 1. The number of pyridine rings is 1. The lowest BCUT2D eigenvalue weighted by molar-refractivity contribution is 0.415. The molecule has 0 aliphatic carbocycles. The molecule has 5 heteroatoms. The Morgan fingerprint density at radius 3 is 2.61 bits per heavy atom. The van der Waals surface area contributed by atoms with Gasteiger partial charge in [-0.1, -0.05) is 19.8 Å². The van der Waals surface area contributed by atoms with Gasteiger partial charge in [-0.25, -0.2) is 9.97 Å². The Bertz CT molecular complexity index is 793. The predicted molar refractivity (Wildman–Crippen MR) is 93.5 cm³/mol. The Hall–Kier alpha value is -2.56. The van der Waals surface area contributed by atoms with Crippen molar-refractivity contribution in [3.8, 4) is 17.1 Å². The number of unbranched alkanes of at least 4 members (excludes halogenated alkanes) is 2. The van der Waals surface area contributed by atoms with E-state index in [0.717, 1.165) is 41.3 Å². The molecule has 0 aliphatic heterocycles. The first-order valence-electron chi connectivity index (χ1n) is 7.99. The van der Waals surface area contributed by atoms with E-state index in [1.54, 1.807) is 19.4 Å². The zero-order valence-corrected chi connectivity index (χ0v) is 13.6. The van der Waals surface area contributed by atoms with E-state index in [-0.39, 0.29) is 0 Å². The molecule has 120 valence electrons. The van der Waals surface area contributed by atoms with Gasteiger partial charge in [-0.3, -0.25) is 0 Å². The molecule has 23 heavy (non-hydrogen) atoms. The highest BCUT2D eigenvalue weighted by molar-refractivity contribution is 5.87. The topological polar surface area (TPSA) is 66.0 Å². The van der Waals surface area contributed by atoms with E-state index < -0.39 is 0 Å². The molecule has 0 radical (unpaired) electrons. The van der Waals surface area contributed by atoms with Crippen molar-refractivity contribution in [2.75, 3.05) is 12.8 Å². The van der Waals surface area contributed by atoms with Gasteiger partial charge < -0.3 is 15.0 Å². The molecule has 0 bridgehead atoms. The average Bonchev–Trinajstić information content (AvgIpc) is 2.95. The van der Waals surface area contributed by atoms with Crippen molar-refractivity contribution in [3.63, 3.8) is 0 Å². The van der Waals surface area contributed by atoms with Gasteiger partial charge in [0.2, 0.25) is 0 Å². The first-order valence-corrected chi connectivity index (χ1v) is 7.99. The van der Waals surface area contributed by atoms with Crippen LogP contribution in [0.5, 0.6) is 5.75 Å². The Balaban J connectivity index is 2.09. The van der Waals surface area contributed by atoms with Crippen LogP contribution in [0.2, 0.25) is 0 Å². The minimum Gasteiger partial charge on any atom is -0.497 e. The van der Waals surface area contributed by atoms with Gasteiger partial charge in [0.05, 0.1) is 12.8 Å². The maximum atomic E-state index is 6.08.